The molecule has 144 valence electrons. The molecule has 0 unspecified atom stereocenters. The summed E-state index contributed by atoms with van der Waals surface area (Å²) in [4.78, 5) is 12.4. The van der Waals surface area contributed by atoms with Crippen molar-refractivity contribution in [3.05, 3.63) is 59.1 Å². The second-order valence-electron chi connectivity index (χ2n) is 4.45. The number of benzene rings is 1. The average Bonchev–Trinajstić information content (AvgIpc) is 2.74. The summed E-state index contributed by atoms with van der Waals surface area (Å²) in [6.45, 7) is 8.00. The average molecular weight is 408 g/mol. The number of rotatable bonds is 4. The van der Waals surface area contributed by atoms with E-state index in [-0.39, 0.29) is 16.1 Å². The molecule has 0 atom stereocenters. The molecule has 0 aliphatic heterocycles. The fraction of sp³-hybridized carbons (Fsp3) is 0.250. The zero-order chi connectivity index (χ0) is 20.2. The van der Waals surface area contributed by atoms with Gasteiger partial charge < -0.3 is 9.47 Å². The molecule has 3 aromatic rings. The lowest BCUT2D eigenvalue weighted by Gasteiger charge is -2.12. The third-order valence-electron chi connectivity index (χ3n) is 3.00. The standard InChI is InChI=1S/C16H11Cl2N3O2.2C2H6/c1-22-11-4-2-3-5-12(11)23-13-14(17)20-16(21-15(13)18)10-6-8-19-9-7-10;2*1-2/h2-9H,1H3;2*1-2H3. The number of para-hydroxylation sites is 2. The molecule has 0 bridgehead atoms. The minimum Gasteiger partial charge on any atom is -0.493 e. The first-order chi connectivity index (χ1) is 13.2. The molecule has 0 amide bonds. The van der Waals surface area contributed by atoms with Crippen LogP contribution in [0.1, 0.15) is 27.7 Å². The molecule has 2 aromatic heterocycles. The van der Waals surface area contributed by atoms with Crippen molar-refractivity contribution in [2.45, 2.75) is 27.7 Å². The molecule has 27 heavy (non-hydrogen) atoms. The van der Waals surface area contributed by atoms with Gasteiger partial charge in [0.15, 0.2) is 27.6 Å². The van der Waals surface area contributed by atoms with E-state index in [4.69, 9.17) is 32.7 Å². The van der Waals surface area contributed by atoms with Gasteiger partial charge in [0.2, 0.25) is 5.75 Å². The molecule has 0 radical (unpaired) electrons. The second-order valence-corrected chi connectivity index (χ2v) is 5.16. The van der Waals surface area contributed by atoms with Gasteiger partial charge in [-0.1, -0.05) is 63.0 Å². The summed E-state index contributed by atoms with van der Waals surface area (Å²) < 4.78 is 11.0. The van der Waals surface area contributed by atoms with E-state index in [1.54, 1.807) is 43.8 Å². The highest BCUT2D eigenvalue weighted by Crippen LogP contribution is 2.38. The van der Waals surface area contributed by atoms with Crippen molar-refractivity contribution >= 4 is 23.2 Å². The smallest absolute Gasteiger partial charge is 0.202 e. The Hall–Kier alpha value is -2.37. The summed E-state index contributed by atoms with van der Waals surface area (Å²) in [5, 5.41) is 0.227. The maximum atomic E-state index is 6.21. The van der Waals surface area contributed by atoms with Gasteiger partial charge in [0, 0.05) is 18.0 Å². The topological polar surface area (TPSA) is 57.1 Å². The van der Waals surface area contributed by atoms with Crippen molar-refractivity contribution in [3.8, 4) is 28.6 Å². The second kappa shape index (κ2) is 12.1. The molecule has 1 aromatic carbocycles. The Balaban J connectivity index is 0.000000855. The van der Waals surface area contributed by atoms with E-state index >= 15 is 0 Å². The first-order valence-corrected chi connectivity index (χ1v) is 9.39. The molecule has 7 heteroatoms. The van der Waals surface area contributed by atoms with Crippen LogP contribution in [0.2, 0.25) is 10.3 Å². The van der Waals surface area contributed by atoms with Crippen molar-refractivity contribution in [1.82, 2.24) is 15.0 Å². The summed E-state index contributed by atoms with van der Waals surface area (Å²) in [6.07, 6.45) is 3.28. The lowest BCUT2D eigenvalue weighted by atomic mass is 10.2. The van der Waals surface area contributed by atoms with Gasteiger partial charge in [0.05, 0.1) is 7.11 Å². The Labute approximate surface area is 170 Å². The van der Waals surface area contributed by atoms with Crippen LogP contribution in [-0.4, -0.2) is 22.1 Å². The number of ether oxygens (including phenoxy) is 2. The van der Waals surface area contributed by atoms with Gasteiger partial charge in [0.1, 0.15) is 0 Å². The molecule has 0 saturated heterocycles. The Morgan fingerprint density at radius 2 is 1.30 bits per heavy atom. The molecule has 0 aliphatic rings. The van der Waals surface area contributed by atoms with Crippen LogP contribution in [0.25, 0.3) is 11.4 Å². The molecule has 2 heterocycles. The fourth-order valence-electron chi connectivity index (χ4n) is 1.92. The third-order valence-corrected chi connectivity index (χ3v) is 3.51. The zero-order valence-corrected chi connectivity index (χ0v) is 17.5. The normalized spacial score (nSPS) is 9.30. The summed E-state index contributed by atoms with van der Waals surface area (Å²) in [5.41, 5.74) is 0.757. The Bertz CT molecular complexity index is 807. The van der Waals surface area contributed by atoms with Gasteiger partial charge in [-0.05, 0) is 24.3 Å². The Kier molecular flexibility index (Phi) is 10.2. The predicted molar refractivity (Wildman–Crippen MR) is 111 cm³/mol. The van der Waals surface area contributed by atoms with Gasteiger partial charge in [-0.25, -0.2) is 9.97 Å². The van der Waals surface area contributed by atoms with E-state index < -0.39 is 0 Å². The molecule has 3 rings (SSSR count). The fourth-order valence-corrected chi connectivity index (χ4v) is 2.39. The molecule has 0 N–H and O–H groups in total. The summed E-state index contributed by atoms with van der Waals surface area (Å²) in [7, 11) is 1.55. The van der Waals surface area contributed by atoms with E-state index in [1.807, 2.05) is 39.8 Å². The molecule has 0 spiro atoms. The summed E-state index contributed by atoms with van der Waals surface area (Å²) >= 11 is 12.4. The van der Waals surface area contributed by atoms with Gasteiger partial charge in [-0.15, -0.1) is 0 Å². The minimum atomic E-state index is 0.114. The maximum absolute atomic E-state index is 6.21. The van der Waals surface area contributed by atoms with Crippen LogP contribution in [0.15, 0.2) is 48.8 Å². The molecule has 0 saturated carbocycles. The molecular weight excluding hydrogens is 385 g/mol. The van der Waals surface area contributed by atoms with Crippen LogP contribution in [0.3, 0.4) is 0 Å². The number of hydrogen-bond acceptors (Lipinski definition) is 5. The summed E-state index contributed by atoms with van der Waals surface area (Å²) in [5.74, 6) is 1.60. The van der Waals surface area contributed by atoms with Crippen molar-refractivity contribution in [3.63, 3.8) is 0 Å². The molecular formula is C20H23Cl2N3O2. The highest BCUT2D eigenvalue weighted by atomic mass is 35.5. The lowest BCUT2D eigenvalue weighted by molar-refractivity contribution is 0.378. The van der Waals surface area contributed by atoms with E-state index in [0.29, 0.717) is 17.3 Å². The van der Waals surface area contributed by atoms with Crippen LogP contribution >= 0.6 is 23.2 Å². The van der Waals surface area contributed by atoms with E-state index in [2.05, 4.69) is 15.0 Å². The third kappa shape index (κ3) is 6.08. The Morgan fingerprint density at radius 3 is 1.81 bits per heavy atom. The summed E-state index contributed by atoms with van der Waals surface area (Å²) in [6, 6.07) is 10.7. The molecule has 5 nitrogen and oxygen atoms in total. The SMILES string of the molecule is CC.CC.COc1ccccc1Oc1c(Cl)nc(-c2ccncc2)nc1Cl. The first kappa shape index (κ1) is 22.7. The zero-order valence-electron chi connectivity index (χ0n) is 16.0. The van der Waals surface area contributed by atoms with Crippen LogP contribution in [0.4, 0.5) is 0 Å². The van der Waals surface area contributed by atoms with Crippen molar-refractivity contribution < 1.29 is 9.47 Å². The van der Waals surface area contributed by atoms with Gasteiger partial charge in [-0.3, -0.25) is 4.98 Å². The molecule has 0 aliphatic carbocycles. The number of halogens is 2. The van der Waals surface area contributed by atoms with Gasteiger partial charge in [-0.2, -0.15) is 0 Å². The van der Waals surface area contributed by atoms with Crippen LogP contribution in [0.5, 0.6) is 17.2 Å². The van der Waals surface area contributed by atoms with Crippen molar-refractivity contribution in [2.75, 3.05) is 7.11 Å². The van der Waals surface area contributed by atoms with E-state index in [1.165, 1.54) is 0 Å². The van der Waals surface area contributed by atoms with Gasteiger partial charge >= 0.3 is 0 Å². The van der Waals surface area contributed by atoms with Crippen molar-refractivity contribution in [2.24, 2.45) is 0 Å². The quantitative estimate of drug-likeness (QED) is 0.450. The number of hydrogen-bond donors (Lipinski definition) is 0. The highest BCUT2D eigenvalue weighted by molar-refractivity contribution is 6.35. The monoisotopic (exact) mass is 407 g/mol. The van der Waals surface area contributed by atoms with Crippen molar-refractivity contribution in [1.29, 1.82) is 0 Å². The highest BCUT2D eigenvalue weighted by Gasteiger charge is 2.16. The lowest BCUT2D eigenvalue weighted by Crippen LogP contribution is -1.97. The number of nitrogens with zero attached hydrogens (tertiary/aromatic N) is 3. The number of methoxy groups -OCH3 is 1. The molecule has 0 fully saturated rings. The van der Waals surface area contributed by atoms with E-state index in [9.17, 15) is 0 Å². The minimum absolute atomic E-state index is 0.114. The number of aromatic nitrogens is 3. The first-order valence-electron chi connectivity index (χ1n) is 8.63. The van der Waals surface area contributed by atoms with Crippen LogP contribution in [-0.2, 0) is 0 Å². The largest absolute Gasteiger partial charge is 0.493 e. The maximum Gasteiger partial charge on any atom is 0.202 e. The Morgan fingerprint density at radius 1 is 0.778 bits per heavy atom. The van der Waals surface area contributed by atoms with Crippen LogP contribution < -0.4 is 9.47 Å². The van der Waals surface area contributed by atoms with Crippen LogP contribution in [0, 0.1) is 0 Å². The predicted octanol–water partition coefficient (Wildman–Crippen LogP) is 6.70. The van der Waals surface area contributed by atoms with Gasteiger partial charge in [0.25, 0.3) is 0 Å². The van der Waals surface area contributed by atoms with E-state index in [0.717, 1.165) is 5.56 Å². The number of pyridine rings is 1.